The molecule has 2 heterocycles. The quantitative estimate of drug-likeness (QED) is 0.872. The Balaban J connectivity index is 2.07. The van der Waals surface area contributed by atoms with Crippen molar-refractivity contribution in [2.24, 2.45) is 0 Å². The molecule has 6 heteroatoms. The zero-order valence-corrected chi connectivity index (χ0v) is 14.1. The normalized spacial score (nSPS) is 11.7. The van der Waals surface area contributed by atoms with Crippen LogP contribution < -0.4 is 0 Å². The van der Waals surface area contributed by atoms with Gasteiger partial charge in [0, 0.05) is 37.3 Å². The Hall–Kier alpha value is -1.69. The largest absolute Gasteiger partial charge is 0.341 e. The van der Waals surface area contributed by atoms with Crippen molar-refractivity contribution in [3.8, 4) is 0 Å². The molecule has 1 amide bonds. The molecule has 2 aromatic heterocycles. The zero-order valence-electron chi connectivity index (χ0n) is 13.3. The first-order valence-electron chi connectivity index (χ1n) is 6.99. The molecular weight excluding hydrogens is 284 g/mol. The van der Waals surface area contributed by atoms with E-state index in [-0.39, 0.29) is 11.4 Å². The third-order valence-corrected chi connectivity index (χ3v) is 4.21. The Morgan fingerprint density at radius 3 is 2.67 bits per heavy atom. The Labute approximate surface area is 129 Å². The third kappa shape index (κ3) is 3.50. The highest BCUT2D eigenvalue weighted by Gasteiger charge is 2.23. The van der Waals surface area contributed by atoms with Gasteiger partial charge in [-0.25, -0.2) is 4.98 Å². The molecule has 0 saturated carbocycles. The monoisotopic (exact) mass is 306 g/mol. The molecule has 0 unspecified atom stereocenters. The lowest BCUT2D eigenvalue weighted by Gasteiger charge is -2.22. The smallest absolute Gasteiger partial charge is 0.257 e. The minimum absolute atomic E-state index is 0.0135. The van der Waals surface area contributed by atoms with Gasteiger partial charge < -0.3 is 4.90 Å². The van der Waals surface area contributed by atoms with E-state index in [0.717, 1.165) is 17.1 Å². The van der Waals surface area contributed by atoms with Crippen molar-refractivity contribution in [1.82, 2.24) is 19.7 Å². The van der Waals surface area contributed by atoms with Gasteiger partial charge in [-0.3, -0.25) is 9.48 Å². The maximum absolute atomic E-state index is 12.5. The van der Waals surface area contributed by atoms with Crippen LogP contribution in [0.5, 0.6) is 0 Å². The van der Waals surface area contributed by atoms with Gasteiger partial charge in [0.2, 0.25) is 0 Å². The van der Waals surface area contributed by atoms with E-state index in [1.165, 1.54) is 0 Å². The van der Waals surface area contributed by atoms with E-state index in [4.69, 9.17) is 0 Å². The molecule has 114 valence electrons. The second-order valence-electron chi connectivity index (χ2n) is 6.13. The molecule has 0 saturated heterocycles. The van der Waals surface area contributed by atoms with Crippen molar-refractivity contribution >= 4 is 17.2 Å². The molecule has 5 nitrogen and oxygen atoms in total. The SMILES string of the molecule is Cc1c(C(=O)N(C)CCc2nccs2)cnn1C(C)(C)C. The minimum Gasteiger partial charge on any atom is -0.341 e. The molecule has 0 radical (unpaired) electrons. The van der Waals surface area contributed by atoms with Crippen molar-refractivity contribution < 1.29 is 4.79 Å². The molecule has 21 heavy (non-hydrogen) atoms. The molecule has 2 aromatic rings. The van der Waals surface area contributed by atoms with Crippen molar-refractivity contribution in [2.45, 2.75) is 39.7 Å². The molecule has 0 bridgehead atoms. The minimum atomic E-state index is -0.123. The molecule has 0 aliphatic carbocycles. The Kier molecular flexibility index (Phi) is 4.46. The number of carbonyl (C=O) groups is 1. The van der Waals surface area contributed by atoms with Gasteiger partial charge in [0.25, 0.3) is 5.91 Å². The Bertz CT molecular complexity index is 610. The average Bonchev–Trinajstić information content (AvgIpc) is 3.03. The summed E-state index contributed by atoms with van der Waals surface area (Å²) < 4.78 is 1.90. The van der Waals surface area contributed by atoms with E-state index >= 15 is 0 Å². The number of aromatic nitrogens is 3. The summed E-state index contributed by atoms with van der Waals surface area (Å²) in [5.41, 5.74) is 1.46. The van der Waals surface area contributed by atoms with Crippen LogP contribution in [0, 0.1) is 6.92 Å². The van der Waals surface area contributed by atoms with Gasteiger partial charge in [0.05, 0.1) is 22.3 Å². The van der Waals surface area contributed by atoms with Crippen LogP contribution in [0.4, 0.5) is 0 Å². The van der Waals surface area contributed by atoms with Gasteiger partial charge in [-0.2, -0.15) is 5.10 Å². The van der Waals surface area contributed by atoms with Crippen molar-refractivity contribution in [3.05, 3.63) is 34.0 Å². The van der Waals surface area contributed by atoms with Gasteiger partial charge in [-0.05, 0) is 27.7 Å². The number of likely N-dealkylation sites (N-methyl/N-ethyl adjacent to an activating group) is 1. The maximum atomic E-state index is 12.5. The van der Waals surface area contributed by atoms with Crippen molar-refractivity contribution in [1.29, 1.82) is 0 Å². The molecule has 0 aromatic carbocycles. The summed E-state index contributed by atoms with van der Waals surface area (Å²) in [6.07, 6.45) is 4.24. The first-order chi connectivity index (χ1) is 9.80. The van der Waals surface area contributed by atoms with Crippen LogP contribution in [-0.2, 0) is 12.0 Å². The summed E-state index contributed by atoms with van der Waals surface area (Å²) in [5, 5.41) is 7.36. The standard InChI is InChI=1S/C15H22N4OS/c1-11-12(10-17-19(11)15(2,3)4)14(20)18(5)8-6-13-16-7-9-21-13/h7,9-10H,6,8H2,1-5H3. The fraction of sp³-hybridized carbons (Fsp3) is 0.533. The van der Waals surface area contributed by atoms with E-state index < -0.39 is 0 Å². The second-order valence-corrected chi connectivity index (χ2v) is 7.11. The predicted molar refractivity (Wildman–Crippen MR) is 84.7 cm³/mol. The Morgan fingerprint density at radius 2 is 2.14 bits per heavy atom. The van der Waals surface area contributed by atoms with Crippen LogP contribution in [0.3, 0.4) is 0 Å². The Morgan fingerprint density at radius 1 is 1.43 bits per heavy atom. The number of nitrogens with zero attached hydrogens (tertiary/aromatic N) is 4. The summed E-state index contributed by atoms with van der Waals surface area (Å²) in [7, 11) is 1.82. The molecule has 0 N–H and O–H groups in total. The third-order valence-electron chi connectivity index (χ3n) is 3.37. The molecule has 0 spiro atoms. The van der Waals surface area contributed by atoms with Crippen LogP contribution in [0.1, 0.15) is 41.8 Å². The van der Waals surface area contributed by atoms with Crippen molar-refractivity contribution in [2.75, 3.05) is 13.6 Å². The molecule has 0 fully saturated rings. The van der Waals surface area contributed by atoms with Crippen LogP contribution in [0.25, 0.3) is 0 Å². The summed E-state index contributed by atoms with van der Waals surface area (Å²) in [6, 6.07) is 0. The van der Waals surface area contributed by atoms with Crippen LogP contribution in [-0.4, -0.2) is 39.2 Å². The van der Waals surface area contributed by atoms with E-state index in [9.17, 15) is 4.79 Å². The number of rotatable bonds is 4. The number of hydrogen-bond acceptors (Lipinski definition) is 4. The molecule has 0 aliphatic heterocycles. The summed E-state index contributed by atoms with van der Waals surface area (Å²) in [6.45, 7) is 8.83. The number of thiazole rings is 1. The van der Waals surface area contributed by atoms with Crippen LogP contribution >= 0.6 is 11.3 Å². The van der Waals surface area contributed by atoms with Gasteiger partial charge in [0.1, 0.15) is 0 Å². The fourth-order valence-corrected chi connectivity index (χ4v) is 2.85. The van der Waals surface area contributed by atoms with E-state index in [2.05, 4.69) is 30.9 Å². The lowest BCUT2D eigenvalue weighted by atomic mass is 10.1. The van der Waals surface area contributed by atoms with Gasteiger partial charge >= 0.3 is 0 Å². The second kappa shape index (κ2) is 5.97. The zero-order chi connectivity index (χ0) is 15.6. The van der Waals surface area contributed by atoms with Crippen LogP contribution in [0.2, 0.25) is 0 Å². The number of amides is 1. The first-order valence-corrected chi connectivity index (χ1v) is 7.87. The first kappa shape index (κ1) is 15.7. The fourth-order valence-electron chi connectivity index (χ4n) is 2.24. The van der Waals surface area contributed by atoms with E-state index in [1.807, 2.05) is 24.0 Å². The summed E-state index contributed by atoms with van der Waals surface area (Å²) >= 11 is 1.62. The molecule has 2 rings (SSSR count). The summed E-state index contributed by atoms with van der Waals surface area (Å²) in [4.78, 5) is 18.5. The van der Waals surface area contributed by atoms with E-state index in [0.29, 0.717) is 12.1 Å². The van der Waals surface area contributed by atoms with Crippen molar-refractivity contribution in [3.63, 3.8) is 0 Å². The van der Waals surface area contributed by atoms with Gasteiger partial charge in [-0.15, -0.1) is 11.3 Å². The molecule has 0 atom stereocenters. The topological polar surface area (TPSA) is 51.0 Å². The lowest BCUT2D eigenvalue weighted by molar-refractivity contribution is 0.0795. The predicted octanol–water partition coefficient (Wildman–Crippen LogP) is 2.72. The highest BCUT2D eigenvalue weighted by molar-refractivity contribution is 7.09. The molecule has 0 aliphatic rings. The molecular formula is C15H22N4OS. The number of carbonyl (C=O) groups excluding carboxylic acids is 1. The van der Waals surface area contributed by atoms with Gasteiger partial charge in [0.15, 0.2) is 0 Å². The number of hydrogen-bond donors (Lipinski definition) is 0. The average molecular weight is 306 g/mol. The van der Waals surface area contributed by atoms with Gasteiger partial charge in [-0.1, -0.05) is 0 Å². The highest BCUT2D eigenvalue weighted by Crippen LogP contribution is 2.19. The van der Waals surface area contributed by atoms with Crippen LogP contribution in [0.15, 0.2) is 17.8 Å². The summed E-state index contributed by atoms with van der Waals surface area (Å²) in [5.74, 6) is 0.0135. The highest BCUT2D eigenvalue weighted by atomic mass is 32.1. The maximum Gasteiger partial charge on any atom is 0.257 e. The van der Waals surface area contributed by atoms with E-state index in [1.54, 1.807) is 28.6 Å². The lowest BCUT2D eigenvalue weighted by Crippen LogP contribution is -2.30.